The Morgan fingerprint density at radius 3 is 2.38 bits per heavy atom. The summed E-state index contributed by atoms with van der Waals surface area (Å²) >= 11 is 0. The van der Waals surface area contributed by atoms with Crippen LogP contribution >= 0.6 is 0 Å². The molecule has 2 aromatic heterocycles. The first-order chi connectivity index (χ1) is 20.1. The summed E-state index contributed by atoms with van der Waals surface area (Å²) in [7, 11) is 1.72. The average Bonchev–Trinajstić information content (AvgIpc) is 2.97. The molecule has 1 amide bonds. The number of aromatic nitrogens is 3. The number of benzene rings is 2. The zero-order valence-electron chi connectivity index (χ0n) is 24.9. The highest BCUT2D eigenvalue weighted by Crippen LogP contribution is 2.30. The number of pyridine rings is 1. The van der Waals surface area contributed by atoms with Crippen LogP contribution in [0, 0.1) is 6.92 Å². The SMILES string of the molecule is Cc1c(NC(=O)c2ccc(C(C)(C)C)cc2)cccc1-c1cc(Nc2ccc(CN3CCOCC3)nn2)c(=O)n(C)c1. The lowest BCUT2D eigenvalue weighted by atomic mass is 9.86. The molecule has 5 rings (SSSR count). The first kappa shape index (κ1) is 29.2. The summed E-state index contributed by atoms with van der Waals surface area (Å²) in [6.07, 6.45) is 1.80. The van der Waals surface area contributed by atoms with Gasteiger partial charge in [0.15, 0.2) is 5.82 Å². The van der Waals surface area contributed by atoms with E-state index in [2.05, 4.69) is 46.5 Å². The Labute approximate surface area is 246 Å². The normalized spacial score (nSPS) is 14.0. The summed E-state index contributed by atoms with van der Waals surface area (Å²) in [5, 5.41) is 14.9. The number of carbonyl (C=O) groups excluding carboxylic acids is 1. The van der Waals surface area contributed by atoms with Gasteiger partial charge in [0.2, 0.25) is 0 Å². The van der Waals surface area contributed by atoms with E-state index in [0.717, 1.165) is 48.7 Å². The lowest BCUT2D eigenvalue weighted by Crippen LogP contribution is -2.35. The van der Waals surface area contributed by atoms with Crippen molar-refractivity contribution in [2.75, 3.05) is 36.9 Å². The lowest BCUT2D eigenvalue weighted by molar-refractivity contribution is 0.0335. The highest BCUT2D eigenvalue weighted by Gasteiger charge is 2.17. The first-order valence-electron chi connectivity index (χ1n) is 14.2. The second kappa shape index (κ2) is 12.3. The molecule has 1 aliphatic heterocycles. The maximum Gasteiger partial charge on any atom is 0.274 e. The molecule has 0 aliphatic carbocycles. The van der Waals surface area contributed by atoms with Crippen molar-refractivity contribution >= 4 is 23.1 Å². The number of ether oxygens (including phenoxy) is 1. The first-order valence-corrected chi connectivity index (χ1v) is 14.2. The van der Waals surface area contributed by atoms with Gasteiger partial charge in [-0.05, 0) is 65.4 Å². The van der Waals surface area contributed by atoms with Crippen molar-refractivity contribution in [2.45, 2.75) is 39.7 Å². The summed E-state index contributed by atoms with van der Waals surface area (Å²) in [5.41, 5.74) is 6.20. The summed E-state index contributed by atoms with van der Waals surface area (Å²) in [5.74, 6) is 0.319. The van der Waals surface area contributed by atoms with Crippen LogP contribution < -0.4 is 16.2 Å². The maximum absolute atomic E-state index is 13.1. The molecule has 42 heavy (non-hydrogen) atoms. The molecule has 0 saturated carbocycles. The third-order valence-corrected chi connectivity index (χ3v) is 7.56. The topological polar surface area (TPSA) is 101 Å². The maximum atomic E-state index is 13.1. The molecule has 1 fully saturated rings. The van der Waals surface area contributed by atoms with E-state index < -0.39 is 0 Å². The molecule has 4 aromatic rings. The number of rotatable bonds is 7. The van der Waals surface area contributed by atoms with Crippen LogP contribution in [0.5, 0.6) is 0 Å². The fraction of sp³-hybridized carbons (Fsp3) is 0.333. The van der Waals surface area contributed by atoms with E-state index in [1.165, 1.54) is 5.56 Å². The minimum atomic E-state index is -0.182. The van der Waals surface area contributed by atoms with Gasteiger partial charge in [-0.3, -0.25) is 14.5 Å². The zero-order chi connectivity index (χ0) is 29.9. The van der Waals surface area contributed by atoms with Gasteiger partial charge in [-0.2, -0.15) is 5.10 Å². The number of aryl methyl sites for hydroxylation is 1. The van der Waals surface area contributed by atoms with Crippen molar-refractivity contribution in [1.82, 2.24) is 19.7 Å². The van der Waals surface area contributed by atoms with Crippen LogP contribution in [-0.2, 0) is 23.7 Å². The molecule has 1 aliphatic rings. The Morgan fingerprint density at radius 1 is 0.976 bits per heavy atom. The molecule has 9 nitrogen and oxygen atoms in total. The molecule has 2 aromatic carbocycles. The fourth-order valence-corrected chi connectivity index (χ4v) is 4.99. The quantitative estimate of drug-likeness (QED) is 0.314. The fourth-order valence-electron chi connectivity index (χ4n) is 4.99. The Kier molecular flexibility index (Phi) is 8.51. The molecular formula is C33H38N6O3. The molecule has 0 unspecified atom stereocenters. The Morgan fingerprint density at radius 2 is 1.71 bits per heavy atom. The van der Waals surface area contributed by atoms with Crippen LogP contribution in [-0.4, -0.2) is 51.9 Å². The van der Waals surface area contributed by atoms with E-state index in [1.54, 1.807) is 17.8 Å². The van der Waals surface area contributed by atoms with Gasteiger partial charge in [-0.15, -0.1) is 5.10 Å². The van der Waals surface area contributed by atoms with Gasteiger partial charge >= 0.3 is 0 Å². The van der Waals surface area contributed by atoms with Crippen LogP contribution in [0.3, 0.4) is 0 Å². The average molecular weight is 567 g/mol. The lowest BCUT2D eigenvalue weighted by Gasteiger charge is -2.25. The van der Waals surface area contributed by atoms with E-state index in [9.17, 15) is 9.59 Å². The molecule has 0 bridgehead atoms. The highest BCUT2D eigenvalue weighted by atomic mass is 16.5. The monoisotopic (exact) mass is 566 g/mol. The number of hydrogen-bond donors (Lipinski definition) is 2. The zero-order valence-corrected chi connectivity index (χ0v) is 24.9. The van der Waals surface area contributed by atoms with Crippen LogP contribution in [0.15, 0.2) is 71.7 Å². The van der Waals surface area contributed by atoms with E-state index in [0.29, 0.717) is 29.3 Å². The number of nitrogens with zero attached hydrogens (tertiary/aromatic N) is 4. The van der Waals surface area contributed by atoms with E-state index in [1.807, 2.05) is 67.6 Å². The van der Waals surface area contributed by atoms with Gasteiger partial charge < -0.3 is 19.9 Å². The molecule has 1 saturated heterocycles. The van der Waals surface area contributed by atoms with Crippen molar-refractivity contribution in [3.8, 4) is 11.1 Å². The van der Waals surface area contributed by atoms with E-state index in [4.69, 9.17) is 4.74 Å². The van der Waals surface area contributed by atoms with Crippen molar-refractivity contribution in [3.63, 3.8) is 0 Å². The van der Waals surface area contributed by atoms with Gasteiger partial charge in [-0.1, -0.05) is 45.0 Å². The molecule has 2 N–H and O–H groups in total. The number of anilines is 3. The minimum absolute atomic E-state index is 0.0163. The number of hydrogen-bond acceptors (Lipinski definition) is 7. The molecule has 9 heteroatoms. The third-order valence-electron chi connectivity index (χ3n) is 7.56. The predicted octanol–water partition coefficient (Wildman–Crippen LogP) is 5.28. The van der Waals surface area contributed by atoms with E-state index in [-0.39, 0.29) is 16.9 Å². The molecule has 218 valence electrons. The minimum Gasteiger partial charge on any atom is -0.379 e. The summed E-state index contributed by atoms with van der Waals surface area (Å²) in [6, 6.07) is 19.1. The molecular weight excluding hydrogens is 528 g/mol. The largest absolute Gasteiger partial charge is 0.379 e. The second-order valence-electron chi connectivity index (χ2n) is 11.7. The van der Waals surface area contributed by atoms with Crippen molar-refractivity contribution < 1.29 is 9.53 Å². The van der Waals surface area contributed by atoms with Crippen molar-refractivity contribution in [1.29, 1.82) is 0 Å². The molecule has 0 atom stereocenters. The van der Waals surface area contributed by atoms with Crippen molar-refractivity contribution in [2.24, 2.45) is 7.05 Å². The van der Waals surface area contributed by atoms with Crippen molar-refractivity contribution in [3.05, 3.63) is 99.6 Å². The highest BCUT2D eigenvalue weighted by molar-refractivity contribution is 6.05. The molecule has 0 radical (unpaired) electrons. The molecule has 3 heterocycles. The Bertz CT molecular complexity index is 1620. The smallest absolute Gasteiger partial charge is 0.274 e. The third kappa shape index (κ3) is 6.75. The number of amides is 1. The van der Waals surface area contributed by atoms with Crippen LogP contribution in [0.2, 0.25) is 0 Å². The van der Waals surface area contributed by atoms with Gasteiger partial charge in [0.25, 0.3) is 11.5 Å². The van der Waals surface area contributed by atoms with Crippen LogP contribution in [0.1, 0.15) is 48.0 Å². The van der Waals surface area contributed by atoms with Gasteiger partial charge in [-0.25, -0.2) is 0 Å². The predicted molar refractivity (Wildman–Crippen MR) is 166 cm³/mol. The van der Waals surface area contributed by atoms with Crippen LogP contribution in [0.4, 0.5) is 17.2 Å². The summed E-state index contributed by atoms with van der Waals surface area (Å²) < 4.78 is 6.95. The standard InChI is InChI=1S/C33H38N6O3/c1-22-27(7-6-8-28(22)35-31(40)23-9-11-25(12-10-23)33(2,3)4)24-19-29(32(41)38(5)20-24)34-30-14-13-26(36-37-30)21-39-15-17-42-18-16-39/h6-14,19-20H,15-18,21H2,1-5H3,(H,34,37)(H,35,40). The molecule has 0 spiro atoms. The number of nitrogens with one attached hydrogen (secondary N) is 2. The summed E-state index contributed by atoms with van der Waals surface area (Å²) in [6.45, 7) is 12.3. The van der Waals surface area contributed by atoms with E-state index >= 15 is 0 Å². The van der Waals surface area contributed by atoms with Gasteiger partial charge in [0, 0.05) is 49.7 Å². The number of morpholine rings is 1. The van der Waals surface area contributed by atoms with Gasteiger partial charge in [0.1, 0.15) is 5.69 Å². The van der Waals surface area contributed by atoms with Gasteiger partial charge in [0.05, 0.1) is 18.9 Å². The Hall–Kier alpha value is -4.34. The second-order valence-corrected chi connectivity index (χ2v) is 11.7. The number of carbonyl (C=O) groups is 1. The van der Waals surface area contributed by atoms with Crippen LogP contribution in [0.25, 0.3) is 11.1 Å². The Balaban J connectivity index is 1.34. The summed E-state index contributed by atoms with van der Waals surface area (Å²) in [4.78, 5) is 28.4.